The molecule has 0 unspecified atom stereocenters. The van der Waals surface area contributed by atoms with Crippen LogP contribution in [0.15, 0.2) is 36.7 Å². The highest BCUT2D eigenvalue weighted by atomic mass is 35.5. The number of hydrogen-bond donors (Lipinski definition) is 2. The molecule has 3 nitrogen and oxygen atoms in total. The van der Waals surface area contributed by atoms with E-state index < -0.39 is 0 Å². The van der Waals surface area contributed by atoms with Crippen molar-refractivity contribution < 1.29 is 0 Å². The van der Waals surface area contributed by atoms with E-state index in [0.717, 1.165) is 23.6 Å². The molecule has 1 heterocycles. The van der Waals surface area contributed by atoms with Crippen molar-refractivity contribution in [2.75, 3.05) is 17.2 Å². The van der Waals surface area contributed by atoms with Gasteiger partial charge in [-0.3, -0.25) is 4.98 Å². The summed E-state index contributed by atoms with van der Waals surface area (Å²) in [5, 5.41) is 7.60. The normalized spacial score (nSPS) is 10.2. The molecule has 0 bridgehead atoms. The first-order chi connectivity index (χ1) is 8.69. The molecule has 94 valence electrons. The molecule has 2 N–H and O–H groups in total. The molecule has 2 aromatic rings. The summed E-state index contributed by atoms with van der Waals surface area (Å²) in [4.78, 5) is 4.15. The summed E-state index contributed by atoms with van der Waals surface area (Å²) < 4.78 is 0. The highest BCUT2D eigenvalue weighted by molar-refractivity contribution is 6.36. The number of hydrogen-bond acceptors (Lipinski definition) is 3. The Bertz CT molecular complexity index is 544. The van der Waals surface area contributed by atoms with Crippen LogP contribution in [0, 0.1) is 0 Å². The van der Waals surface area contributed by atoms with E-state index in [1.807, 2.05) is 19.1 Å². The van der Waals surface area contributed by atoms with Crippen LogP contribution in [0.3, 0.4) is 0 Å². The van der Waals surface area contributed by atoms with Crippen molar-refractivity contribution in [1.82, 2.24) is 4.98 Å². The van der Waals surface area contributed by atoms with E-state index in [1.54, 1.807) is 24.5 Å². The lowest BCUT2D eigenvalue weighted by molar-refractivity contribution is 1.19. The third kappa shape index (κ3) is 3.28. The number of halogens is 2. The molecule has 0 spiro atoms. The van der Waals surface area contributed by atoms with Gasteiger partial charge in [-0.25, -0.2) is 0 Å². The van der Waals surface area contributed by atoms with Gasteiger partial charge < -0.3 is 10.6 Å². The van der Waals surface area contributed by atoms with Crippen LogP contribution in [0.1, 0.15) is 6.92 Å². The standard InChI is InChI=1S/C13H13Cl2N3/c1-2-17-10-6-11(8-16-7-10)18-13-4-3-9(14)5-12(13)15/h3-8,17-18H,2H2,1H3. The third-order valence-corrected chi connectivity index (χ3v) is 2.88. The lowest BCUT2D eigenvalue weighted by Crippen LogP contribution is -1.98. The van der Waals surface area contributed by atoms with Gasteiger partial charge in [0.1, 0.15) is 0 Å². The van der Waals surface area contributed by atoms with Crippen LogP contribution < -0.4 is 10.6 Å². The lowest BCUT2D eigenvalue weighted by Gasteiger charge is -2.10. The van der Waals surface area contributed by atoms with Gasteiger partial charge in [0.15, 0.2) is 0 Å². The van der Waals surface area contributed by atoms with E-state index in [2.05, 4.69) is 15.6 Å². The number of pyridine rings is 1. The Hall–Kier alpha value is -1.45. The van der Waals surface area contributed by atoms with E-state index in [4.69, 9.17) is 23.2 Å². The minimum absolute atomic E-state index is 0.580. The summed E-state index contributed by atoms with van der Waals surface area (Å²) in [6, 6.07) is 7.30. The Labute approximate surface area is 116 Å². The number of nitrogens with one attached hydrogen (secondary N) is 2. The zero-order valence-corrected chi connectivity index (χ0v) is 11.4. The van der Waals surface area contributed by atoms with E-state index in [0.29, 0.717) is 10.0 Å². The molecule has 18 heavy (non-hydrogen) atoms. The number of aromatic nitrogens is 1. The first kappa shape index (κ1) is 13.0. The smallest absolute Gasteiger partial charge is 0.0655 e. The van der Waals surface area contributed by atoms with Gasteiger partial charge in [0.05, 0.1) is 34.5 Å². The zero-order chi connectivity index (χ0) is 13.0. The predicted octanol–water partition coefficient (Wildman–Crippen LogP) is 4.56. The first-order valence-corrected chi connectivity index (χ1v) is 6.35. The molecule has 1 aromatic carbocycles. The van der Waals surface area contributed by atoms with E-state index in [1.165, 1.54) is 0 Å². The van der Waals surface area contributed by atoms with Gasteiger partial charge in [0, 0.05) is 11.6 Å². The van der Waals surface area contributed by atoms with E-state index in [-0.39, 0.29) is 0 Å². The second-order valence-electron chi connectivity index (χ2n) is 3.74. The van der Waals surface area contributed by atoms with Gasteiger partial charge in [-0.05, 0) is 31.2 Å². The number of rotatable bonds is 4. The molecule has 0 atom stereocenters. The monoisotopic (exact) mass is 281 g/mol. The fraction of sp³-hybridized carbons (Fsp3) is 0.154. The summed E-state index contributed by atoms with van der Waals surface area (Å²) in [5.74, 6) is 0. The molecule has 0 saturated heterocycles. The van der Waals surface area contributed by atoms with E-state index >= 15 is 0 Å². The van der Waals surface area contributed by atoms with Crippen LogP contribution in [0.4, 0.5) is 17.1 Å². The summed E-state index contributed by atoms with van der Waals surface area (Å²) in [5.41, 5.74) is 2.64. The minimum atomic E-state index is 0.580. The fourth-order valence-electron chi connectivity index (χ4n) is 1.56. The quantitative estimate of drug-likeness (QED) is 0.862. The second kappa shape index (κ2) is 5.94. The second-order valence-corrected chi connectivity index (χ2v) is 4.59. The zero-order valence-electron chi connectivity index (χ0n) is 9.87. The Balaban J connectivity index is 2.20. The highest BCUT2D eigenvalue weighted by Gasteiger charge is 2.02. The highest BCUT2D eigenvalue weighted by Crippen LogP contribution is 2.28. The molecule has 5 heteroatoms. The van der Waals surface area contributed by atoms with Crippen LogP contribution in [-0.2, 0) is 0 Å². The lowest BCUT2D eigenvalue weighted by atomic mass is 10.3. The maximum Gasteiger partial charge on any atom is 0.0655 e. The molecular weight excluding hydrogens is 269 g/mol. The predicted molar refractivity (Wildman–Crippen MR) is 78.1 cm³/mol. The summed E-state index contributed by atoms with van der Waals surface area (Å²) in [7, 11) is 0. The summed E-state index contributed by atoms with van der Waals surface area (Å²) in [6.07, 6.45) is 3.52. The first-order valence-electron chi connectivity index (χ1n) is 5.60. The SMILES string of the molecule is CCNc1cncc(Nc2ccc(Cl)cc2Cl)c1. The molecular formula is C13H13Cl2N3. The van der Waals surface area contributed by atoms with Crippen molar-refractivity contribution in [3.8, 4) is 0 Å². The van der Waals surface area contributed by atoms with Crippen molar-refractivity contribution in [1.29, 1.82) is 0 Å². The minimum Gasteiger partial charge on any atom is -0.384 e. The number of anilines is 3. The summed E-state index contributed by atoms with van der Waals surface area (Å²) >= 11 is 11.9. The summed E-state index contributed by atoms with van der Waals surface area (Å²) in [6.45, 7) is 2.89. The van der Waals surface area contributed by atoms with Gasteiger partial charge >= 0.3 is 0 Å². The van der Waals surface area contributed by atoms with Crippen molar-refractivity contribution in [3.05, 3.63) is 46.7 Å². The molecule has 2 rings (SSSR count). The van der Waals surface area contributed by atoms with Gasteiger partial charge in [-0.2, -0.15) is 0 Å². The van der Waals surface area contributed by atoms with Crippen molar-refractivity contribution in [2.45, 2.75) is 6.92 Å². The van der Waals surface area contributed by atoms with Gasteiger partial charge in [-0.15, -0.1) is 0 Å². The van der Waals surface area contributed by atoms with Crippen LogP contribution >= 0.6 is 23.2 Å². The number of benzene rings is 1. The molecule has 0 aliphatic carbocycles. The average molecular weight is 282 g/mol. The van der Waals surface area contributed by atoms with Crippen LogP contribution in [-0.4, -0.2) is 11.5 Å². The van der Waals surface area contributed by atoms with Crippen molar-refractivity contribution in [3.63, 3.8) is 0 Å². The maximum absolute atomic E-state index is 6.10. The molecule has 1 aromatic heterocycles. The molecule has 0 fully saturated rings. The molecule has 0 aliphatic heterocycles. The third-order valence-electron chi connectivity index (χ3n) is 2.33. The molecule has 0 radical (unpaired) electrons. The molecule has 0 amide bonds. The Morgan fingerprint density at radius 2 is 1.89 bits per heavy atom. The largest absolute Gasteiger partial charge is 0.384 e. The van der Waals surface area contributed by atoms with Crippen LogP contribution in [0.2, 0.25) is 10.0 Å². The van der Waals surface area contributed by atoms with E-state index in [9.17, 15) is 0 Å². The van der Waals surface area contributed by atoms with Crippen LogP contribution in [0.5, 0.6) is 0 Å². The molecule has 0 saturated carbocycles. The maximum atomic E-state index is 6.10. The number of nitrogens with zero attached hydrogens (tertiary/aromatic N) is 1. The van der Waals surface area contributed by atoms with Crippen molar-refractivity contribution >= 4 is 40.3 Å². The Morgan fingerprint density at radius 3 is 2.61 bits per heavy atom. The average Bonchev–Trinajstić information content (AvgIpc) is 2.34. The molecule has 0 aliphatic rings. The Kier molecular flexibility index (Phi) is 4.28. The Morgan fingerprint density at radius 1 is 1.11 bits per heavy atom. The fourth-order valence-corrected chi connectivity index (χ4v) is 2.01. The van der Waals surface area contributed by atoms with Gasteiger partial charge in [0.2, 0.25) is 0 Å². The van der Waals surface area contributed by atoms with Gasteiger partial charge in [0.25, 0.3) is 0 Å². The van der Waals surface area contributed by atoms with Crippen molar-refractivity contribution in [2.24, 2.45) is 0 Å². The topological polar surface area (TPSA) is 37.0 Å². The van der Waals surface area contributed by atoms with Crippen LogP contribution in [0.25, 0.3) is 0 Å². The van der Waals surface area contributed by atoms with Gasteiger partial charge in [-0.1, -0.05) is 23.2 Å².